The van der Waals surface area contributed by atoms with Crippen LogP contribution in [0, 0.1) is 5.82 Å². The van der Waals surface area contributed by atoms with Crippen LogP contribution in [0.5, 0.6) is 5.75 Å². The molecule has 1 unspecified atom stereocenters. The molecule has 2 amide bonds. The van der Waals surface area contributed by atoms with Gasteiger partial charge in [-0.3, -0.25) is 14.9 Å². The van der Waals surface area contributed by atoms with E-state index in [4.69, 9.17) is 4.74 Å². The molecule has 4 rings (SSSR count). The third-order valence-electron chi connectivity index (χ3n) is 4.90. The molecule has 0 bridgehead atoms. The fourth-order valence-corrected chi connectivity index (χ4v) is 4.11. The lowest BCUT2D eigenvalue weighted by molar-refractivity contribution is -0.119. The van der Waals surface area contributed by atoms with Crippen LogP contribution in [0.3, 0.4) is 0 Å². The van der Waals surface area contributed by atoms with Gasteiger partial charge in [-0.2, -0.15) is 0 Å². The summed E-state index contributed by atoms with van der Waals surface area (Å²) in [6.07, 6.45) is 1.33. The van der Waals surface area contributed by atoms with Crippen molar-refractivity contribution in [1.82, 2.24) is 15.1 Å². The van der Waals surface area contributed by atoms with Crippen molar-refractivity contribution in [3.05, 3.63) is 59.9 Å². The number of amides is 2. The maximum Gasteiger partial charge on any atom is 0.254 e. The standard InChI is InChI=1S/C21H19FN4O3S/c1-29-16-10-6-14(7-11-16)20(28)26-12-2-3-17(26)18(27)23-21-25-24-19(30-21)13-4-8-15(22)9-5-13/h4-11,17H,2-3,12H2,1H3,(H,23,25,27). The van der Waals surface area contributed by atoms with Gasteiger partial charge >= 0.3 is 0 Å². The van der Waals surface area contributed by atoms with E-state index in [1.807, 2.05) is 0 Å². The SMILES string of the molecule is COc1ccc(C(=O)N2CCCC2C(=O)Nc2nnc(-c3ccc(F)cc3)s2)cc1. The Bertz CT molecular complexity index is 1050. The fourth-order valence-electron chi connectivity index (χ4n) is 3.35. The van der Waals surface area contributed by atoms with Crippen molar-refractivity contribution in [1.29, 1.82) is 0 Å². The van der Waals surface area contributed by atoms with Gasteiger partial charge < -0.3 is 9.64 Å². The number of likely N-dealkylation sites (tertiary alicyclic amines) is 1. The lowest BCUT2D eigenvalue weighted by Crippen LogP contribution is -2.43. The second-order valence-electron chi connectivity index (χ2n) is 6.79. The van der Waals surface area contributed by atoms with Crippen LogP contribution >= 0.6 is 11.3 Å². The minimum absolute atomic E-state index is 0.195. The molecule has 1 saturated heterocycles. The zero-order chi connectivity index (χ0) is 21.1. The quantitative estimate of drug-likeness (QED) is 0.674. The zero-order valence-electron chi connectivity index (χ0n) is 16.2. The van der Waals surface area contributed by atoms with E-state index in [0.29, 0.717) is 40.0 Å². The van der Waals surface area contributed by atoms with Gasteiger partial charge in [0.25, 0.3) is 5.91 Å². The van der Waals surface area contributed by atoms with Crippen molar-refractivity contribution in [2.45, 2.75) is 18.9 Å². The van der Waals surface area contributed by atoms with Gasteiger partial charge in [-0.1, -0.05) is 11.3 Å². The normalized spacial score (nSPS) is 15.8. The summed E-state index contributed by atoms with van der Waals surface area (Å²) >= 11 is 1.20. The molecule has 1 aliphatic heterocycles. The summed E-state index contributed by atoms with van der Waals surface area (Å²) in [4.78, 5) is 27.3. The fraction of sp³-hybridized carbons (Fsp3) is 0.238. The van der Waals surface area contributed by atoms with E-state index in [2.05, 4.69) is 15.5 Å². The summed E-state index contributed by atoms with van der Waals surface area (Å²) in [6, 6.07) is 12.1. The first-order valence-corrected chi connectivity index (χ1v) is 10.2. The summed E-state index contributed by atoms with van der Waals surface area (Å²) in [5, 5.41) is 11.7. The van der Waals surface area contributed by atoms with Crippen molar-refractivity contribution >= 4 is 28.3 Å². The van der Waals surface area contributed by atoms with Gasteiger partial charge in [0.05, 0.1) is 7.11 Å². The maximum atomic E-state index is 13.1. The van der Waals surface area contributed by atoms with Crippen molar-refractivity contribution < 1.29 is 18.7 Å². The number of rotatable bonds is 5. The minimum atomic E-state index is -0.572. The minimum Gasteiger partial charge on any atom is -0.497 e. The summed E-state index contributed by atoms with van der Waals surface area (Å²) in [5.74, 6) is -0.161. The molecule has 7 nitrogen and oxygen atoms in total. The van der Waals surface area contributed by atoms with Crippen molar-refractivity contribution in [3.8, 4) is 16.3 Å². The number of aromatic nitrogens is 2. The number of nitrogens with zero attached hydrogens (tertiary/aromatic N) is 3. The van der Waals surface area contributed by atoms with Gasteiger partial charge in [0.2, 0.25) is 11.0 Å². The zero-order valence-corrected chi connectivity index (χ0v) is 17.0. The number of hydrogen-bond donors (Lipinski definition) is 1. The van der Waals surface area contributed by atoms with Gasteiger partial charge in [-0.25, -0.2) is 4.39 Å². The third kappa shape index (κ3) is 4.16. The predicted molar refractivity (Wildman–Crippen MR) is 111 cm³/mol. The molecule has 1 aromatic heterocycles. The first-order chi connectivity index (χ1) is 14.5. The average molecular weight is 426 g/mol. The lowest BCUT2D eigenvalue weighted by atomic mass is 10.1. The maximum absolute atomic E-state index is 13.1. The van der Waals surface area contributed by atoms with Crippen LogP contribution in [0.15, 0.2) is 48.5 Å². The Kier molecular flexibility index (Phi) is 5.71. The van der Waals surface area contributed by atoms with Gasteiger partial charge in [-0.05, 0) is 61.4 Å². The molecule has 154 valence electrons. The molecule has 0 spiro atoms. The molecular weight excluding hydrogens is 407 g/mol. The molecule has 0 saturated carbocycles. The summed E-state index contributed by atoms with van der Waals surface area (Å²) < 4.78 is 18.2. The van der Waals surface area contributed by atoms with Gasteiger partial charge in [0, 0.05) is 17.7 Å². The molecular formula is C21H19FN4O3S. The monoisotopic (exact) mass is 426 g/mol. The Labute approximate surface area is 176 Å². The second-order valence-corrected chi connectivity index (χ2v) is 7.77. The van der Waals surface area contributed by atoms with Gasteiger partial charge in [0.15, 0.2) is 0 Å². The molecule has 0 aliphatic carbocycles. The van der Waals surface area contributed by atoms with Crippen LogP contribution in [-0.2, 0) is 4.79 Å². The highest BCUT2D eigenvalue weighted by Gasteiger charge is 2.35. The Morgan fingerprint density at radius 1 is 1.13 bits per heavy atom. The molecule has 1 N–H and O–H groups in total. The second kappa shape index (κ2) is 8.58. The Hall–Kier alpha value is -3.33. The number of carbonyl (C=O) groups excluding carboxylic acids is 2. The molecule has 0 radical (unpaired) electrons. The third-order valence-corrected chi connectivity index (χ3v) is 5.79. The number of nitrogens with one attached hydrogen (secondary N) is 1. The lowest BCUT2D eigenvalue weighted by Gasteiger charge is -2.23. The van der Waals surface area contributed by atoms with Gasteiger partial charge in [-0.15, -0.1) is 10.2 Å². The van der Waals surface area contributed by atoms with Crippen molar-refractivity contribution in [3.63, 3.8) is 0 Å². The number of carbonyl (C=O) groups is 2. The highest BCUT2D eigenvalue weighted by molar-refractivity contribution is 7.18. The van der Waals surface area contributed by atoms with Crippen LogP contribution in [0.2, 0.25) is 0 Å². The summed E-state index contributed by atoms with van der Waals surface area (Å²) in [5.41, 5.74) is 1.22. The number of halogens is 1. The van der Waals surface area contributed by atoms with E-state index in [1.165, 1.54) is 23.5 Å². The first-order valence-electron chi connectivity index (χ1n) is 9.40. The number of ether oxygens (including phenoxy) is 1. The molecule has 2 heterocycles. The number of anilines is 1. The van der Waals surface area contributed by atoms with E-state index >= 15 is 0 Å². The Morgan fingerprint density at radius 2 is 1.87 bits per heavy atom. The summed E-state index contributed by atoms with van der Waals surface area (Å²) in [6.45, 7) is 0.514. The van der Waals surface area contributed by atoms with Gasteiger partial charge in [0.1, 0.15) is 22.6 Å². The molecule has 1 aliphatic rings. The number of benzene rings is 2. The predicted octanol–water partition coefficient (Wildman–Crippen LogP) is 3.60. The highest BCUT2D eigenvalue weighted by atomic mass is 32.1. The molecule has 30 heavy (non-hydrogen) atoms. The average Bonchev–Trinajstić information content (AvgIpc) is 3.44. The van der Waals surface area contributed by atoms with Crippen molar-refractivity contribution in [2.24, 2.45) is 0 Å². The van der Waals surface area contributed by atoms with Crippen LogP contribution in [0.25, 0.3) is 10.6 Å². The van der Waals surface area contributed by atoms with Crippen LogP contribution < -0.4 is 10.1 Å². The van der Waals surface area contributed by atoms with E-state index < -0.39 is 6.04 Å². The topological polar surface area (TPSA) is 84.4 Å². The Morgan fingerprint density at radius 3 is 2.57 bits per heavy atom. The number of hydrogen-bond acceptors (Lipinski definition) is 6. The summed E-state index contributed by atoms with van der Waals surface area (Å²) in [7, 11) is 1.56. The molecule has 3 aromatic rings. The smallest absolute Gasteiger partial charge is 0.254 e. The largest absolute Gasteiger partial charge is 0.497 e. The molecule has 9 heteroatoms. The van der Waals surface area contributed by atoms with E-state index in [1.54, 1.807) is 48.4 Å². The molecule has 1 fully saturated rings. The van der Waals surface area contributed by atoms with E-state index in [-0.39, 0.29) is 17.6 Å². The Balaban J connectivity index is 1.44. The van der Waals surface area contributed by atoms with Crippen molar-refractivity contribution in [2.75, 3.05) is 19.0 Å². The van der Waals surface area contributed by atoms with Crippen LogP contribution in [0.4, 0.5) is 9.52 Å². The van der Waals surface area contributed by atoms with Crippen LogP contribution in [-0.4, -0.2) is 46.6 Å². The first kappa shape index (κ1) is 20.0. The van der Waals surface area contributed by atoms with Crippen LogP contribution in [0.1, 0.15) is 23.2 Å². The van der Waals surface area contributed by atoms with E-state index in [0.717, 1.165) is 6.42 Å². The molecule has 1 atom stereocenters. The van der Waals surface area contributed by atoms with E-state index in [9.17, 15) is 14.0 Å². The number of methoxy groups -OCH3 is 1. The highest BCUT2D eigenvalue weighted by Crippen LogP contribution is 2.28. The molecule has 2 aromatic carbocycles.